The van der Waals surface area contributed by atoms with Gasteiger partial charge in [0.15, 0.2) is 17.0 Å². The van der Waals surface area contributed by atoms with Crippen LogP contribution in [-0.4, -0.2) is 38.7 Å². The molecule has 0 aliphatic heterocycles. The maximum Gasteiger partial charge on any atom is 0.207 e. The number of rotatable bonds is 4. The van der Waals surface area contributed by atoms with Crippen molar-refractivity contribution in [1.82, 2.24) is 19.5 Å². The van der Waals surface area contributed by atoms with Crippen LogP contribution in [0.2, 0.25) is 0 Å². The van der Waals surface area contributed by atoms with E-state index in [0.717, 1.165) is 34.8 Å². The van der Waals surface area contributed by atoms with Gasteiger partial charge in [0.05, 0.1) is 0 Å². The summed E-state index contributed by atoms with van der Waals surface area (Å²) < 4.78 is 2.06. The number of anilines is 2. The maximum atomic E-state index is 4.84. The van der Waals surface area contributed by atoms with Crippen molar-refractivity contribution >= 4 is 22.9 Å². The summed E-state index contributed by atoms with van der Waals surface area (Å²) in [5.74, 6) is 3.56. The predicted molar refractivity (Wildman–Crippen MR) is 92.7 cm³/mol. The minimum atomic E-state index is 0.389. The van der Waals surface area contributed by atoms with Crippen LogP contribution in [0.15, 0.2) is 6.33 Å². The van der Waals surface area contributed by atoms with Crippen LogP contribution in [0.4, 0.5) is 11.8 Å². The van der Waals surface area contributed by atoms with Crippen molar-refractivity contribution in [1.29, 1.82) is 0 Å². The second-order valence-corrected chi connectivity index (χ2v) is 7.50. The molecule has 2 fully saturated rings. The third kappa shape index (κ3) is 2.35. The third-order valence-corrected chi connectivity index (χ3v) is 5.78. The van der Waals surface area contributed by atoms with Crippen molar-refractivity contribution in [3.8, 4) is 0 Å². The first-order chi connectivity index (χ1) is 11.0. The molecular formula is C17H26N6. The highest BCUT2D eigenvalue weighted by Gasteiger charge is 2.39. The van der Waals surface area contributed by atoms with E-state index in [2.05, 4.69) is 45.6 Å². The molecule has 2 heterocycles. The summed E-state index contributed by atoms with van der Waals surface area (Å²) in [6.07, 6.45) is 7.09. The molecule has 2 bridgehead atoms. The van der Waals surface area contributed by atoms with E-state index < -0.39 is 0 Å². The molecule has 6 heteroatoms. The molecule has 0 amide bonds. The first-order valence-electron chi connectivity index (χ1n) is 8.71. The summed E-state index contributed by atoms with van der Waals surface area (Å²) in [5, 5.41) is 3.68. The van der Waals surface area contributed by atoms with Crippen molar-refractivity contribution in [2.45, 2.75) is 51.6 Å². The number of aryl methyl sites for hydroxylation is 1. The molecule has 2 aromatic heterocycles. The van der Waals surface area contributed by atoms with Crippen molar-refractivity contribution in [3.63, 3.8) is 0 Å². The fourth-order valence-corrected chi connectivity index (χ4v) is 4.24. The van der Waals surface area contributed by atoms with Crippen LogP contribution in [0.1, 0.15) is 39.5 Å². The van der Waals surface area contributed by atoms with E-state index in [1.54, 1.807) is 6.33 Å². The Balaban J connectivity index is 1.69. The van der Waals surface area contributed by atoms with Gasteiger partial charge in [-0.2, -0.15) is 0 Å². The average molecular weight is 314 g/mol. The molecular weight excluding hydrogens is 288 g/mol. The molecule has 3 unspecified atom stereocenters. The molecule has 2 aliphatic carbocycles. The van der Waals surface area contributed by atoms with Gasteiger partial charge in [-0.15, -0.1) is 0 Å². The van der Waals surface area contributed by atoms with E-state index in [9.17, 15) is 0 Å². The van der Waals surface area contributed by atoms with Crippen LogP contribution < -0.4 is 10.2 Å². The first-order valence-corrected chi connectivity index (χ1v) is 8.71. The zero-order valence-corrected chi connectivity index (χ0v) is 14.5. The Morgan fingerprint density at radius 2 is 2.09 bits per heavy atom. The van der Waals surface area contributed by atoms with Crippen LogP contribution in [-0.2, 0) is 7.05 Å². The van der Waals surface area contributed by atoms with E-state index in [1.807, 2.05) is 7.05 Å². The van der Waals surface area contributed by atoms with Gasteiger partial charge < -0.3 is 10.2 Å². The van der Waals surface area contributed by atoms with E-state index in [4.69, 9.17) is 4.98 Å². The van der Waals surface area contributed by atoms with Gasteiger partial charge in [-0.25, -0.2) is 15.0 Å². The van der Waals surface area contributed by atoms with Gasteiger partial charge in [-0.05, 0) is 44.9 Å². The molecule has 0 radical (unpaired) electrons. The lowest BCUT2D eigenvalue weighted by Crippen LogP contribution is -2.28. The lowest BCUT2D eigenvalue weighted by atomic mass is 9.95. The van der Waals surface area contributed by atoms with Crippen molar-refractivity contribution < 1.29 is 0 Å². The number of nitrogens with zero attached hydrogens (tertiary/aromatic N) is 5. The standard InChI is InChI=1S/C17H26N6/c1-10(2)22(3)17-21-14-15(18-9-19-16(14)23(17)4)20-13-8-11-5-6-12(13)7-11/h9-13H,5-8H2,1-4H3,(H,18,19,20). The molecule has 2 saturated carbocycles. The Morgan fingerprint density at radius 1 is 1.26 bits per heavy atom. The van der Waals surface area contributed by atoms with E-state index in [-0.39, 0.29) is 0 Å². The van der Waals surface area contributed by atoms with Gasteiger partial charge in [0.1, 0.15) is 6.33 Å². The number of fused-ring (bicyclic) bond motifs is 3. The molecule has 2 aromatic rings. The number of aromatic nitrogens is 4. The topological polar surface area (TPSA) is 58.9 Å². The number of hydrogen-bond acceptors (Lipinski definition) is 5. The van der Waals surface area contributed by atoms with Crippen molar-refractivity contribution in [2.24, 2.45) is 18.9 Å². The summed E-state index contributed by atoms with van der Waals surface area (Å²) >= 11 is 0. The SMILES string of the molecule is CC(C)N(C)c1nc2c(NC3CC4CCC3C4)ncnc2n1C. The minimum Gasteiger partial charge on any atom is -0.365 e. The summed E-state index contributed by atoms with van der Waals surface area (Å²) in [5.41, 5.74) is 1.79. The molecule has 6 nitrogen and oxygen atoms in total. The smallest absolute Gasteiger partial charge is 0.207 e. The van der Waals surface area contributed by atoms with Gasteiger partial charge in [0.25, 0.3) is 0 Å². The van der Waals surface area contributed by atoms with E-state index in [1.165, 1.54) is 25.7 Å². The monoisotopic (exact) mass is 314 g/mol. The highest BCUT2D eigenvalue weighted by molar-refractivity contribution is 5.85. The fourth-order valence-electron chi connectivity index (χ4n) is 4.24. The second kappa shape index (κ2) is 5.35. The summed E-state index contributed by atoms with van der Waals surface area (Å²) in [6, 6.07) is 0.945. The molecule has 0 aromatic carbocycles. The van der Waals surface area contributed by atoms with Gasteiger partial charge >= 0.3 is 0 Å². The lowest BCUT2D eigenvalue weighted by Gasteiger charge is -2.23. The van der Waals surface area contributed by atoms with Crippen LogP contribution in [0, 0.1) is 11.8 Å². The summed E-state index contributed by atoms with van der Waals surface area (Å²) in [7, 11) is 4.10. The Bertz CT molecular complexity index is 721. The molecule has 1 N–H and O–H groups in total. The quantitative estimate of drug-likeness (QED) is 0.940. The Kier molecular flexibility index (Phi) is 3.43. The third-order valence-electron chi connectivity index (χ3n) is 5.78. The average Bonchev–Trinajstić information content (AvgIpc) is 3.22. The lowest BCUT2D eigenvalue weighted by molar-refractivity contribution is 0.439. The largest absolute Gasteiger partial charge is 0.365 e. The molecule has 2 aliphatic rings. The van der Waals surface area contributed by atoms with E-state index >= 15 is 0 Å². The Hall–Kier alpha value is -1.85. The van der Waals surface area contributed by atoms with Crippen LogP contribution >= 0.6 is 0 Å². The zero-order valence-electron chi connectivity index (χ0n) is 14.5. The van der Waals surface area contributed by atoms with Gasteiger partial charge in [-0.1, -0.05) is 6.42 Å². The Labute approximate surface area is 137 Å². The number of imidazole rings is 1. The Morgan fingerprint density at radius 3 is 2.74 bits per heavy atom. The zero-order chi connectivity index (χ0) is 16.1. The van der Waals surface area contributed by atoms with Crippen LogP contribution in [0.5, 0.6) is 0 Å². The highest BCUT2D eigenvalue weighted by Crippen LogP contribution is 2.45. The van der Waals surface area contributed by atoms with Crippen molar-refractivity contribution in [3.05, 3.63) is 6.33 Å². The van der Waals surface area contributed by atoms with Crippen LogP contribution in [0.3, 0.4) is 0 Å². The molecule has 0 spiro atoms. The van der Waals surface area contributed by atoms with Gasteiger partial charge in [0, 0.05) is 26.2 Å². The van der Waals surface area contributed by atoms with Gasteiger partial charge in [0.2, 0.25) is 5.95 Å². The summed E-state index contributed by atoms with van der Waals surface area (Å²) in [6.45, 7) is 4.33. The maximum absolute atomic E-state index is 4.84. The number of nitrogens with one attached hydrogen (secondary N) is 1. The van der Waals surface area contributed by atoms with E-state index in [0.29, 0.717) is 12.1 Å². The molecule has 124 valence electrons. The molecule has 23 heavy (non-hydrogen) atoms. The first kappa shape index (κ1) is 14.7. The summed E-state index contributed by atoms with van der Waals surface area (Å²) in [4.78, 5) is 16.0. The minimum absolute atomic E-state index is 0.389. The fraction of sp³-hybridized carbons (Fsp3) is 0.706. The van der Waals surface area contributed by atoms with Crippen LogP contribution in [0.25, 0.3) is 11.2 Å². The predicted octanol–water partition coefficient (Wildman–Crippen LogP) is 2.81. The van der Waals surface area contributed by atoms with Crippen molar-refractivity contribution in [2.75, 3.05) is 17.3 Å². The molecule has 4 rings (SSSR count). The van der Waals surface area contributed by atoms with Gasteiger partial charge in [-0.3, -0.25) is 4.57 Å². The molecule has 0 saturated heterocycles. The number of hydrogen-bond donors (Lipinski definition) is 1. The normalized spacial score (nSPS) is 26.4. The molecule has 3 atom stereocenters. The second-order valence-electron chi connectivity index (χ2n) is 7.50. The highest BCUT2D eigenvalue weighted by atomic mass is 15.3.